The first kappa shape index (κ1) is 13.7. The maximum Gasteiger partial charge on any atom is 0.0486 e. The van der Waals surface area contributed by atoms with Crippen molar-refractivity contribution in [3.63, 3.8) is 0 Å². The predicted octanol–water partition coefficient (Wildman–Crippen LogP) is 2.83. The highest BCUT2D eigenvalue weighted by atomic mass is 16.3. The lowest BCUT2D eigenvalue weighted by Crippen LogP contribution is -2.04. The van der Waals surface area contributed by atoms with Crippen molar-refractivity contribution in [2.75, 3.05) is 6.61 Å². The molecular formula is C17H24N2O. The monoisotopic (exact) mass is 272 g/mol. The van der Waals surface area contributed by atoms with Gasteiger partial charge in [-0.2, -0.15) is 0 Å². The zero-order chi connectivity index (χ0) is 14.1. The third-order valence-corrected chi connectivity index (χ3v) is 4.26. The second kappa shape index (κ2) is 5.58. The quantitative estimate of drug-likeness (QED) is 0.878. The van der Waals surface area contributed by atoms with Crippen LogP contribution in [-0.4, -0.2) is 16.3 Å². The molecule has 3 nitrogen and oxygen atoms in total. The van der Waals surface area contributed by atoms with Gasteiger partial charge in [-0.3, -0.25) is 0 Å². The van der Waals surface area contributed by atoms with Gasteiger partial charge in [-0.05, 0) is 47.6 Å². The first-order valence-electron chi connectivity index (χ1n) is 7.68. The molecule has 0 fully saturated rings. The van der Waals surface area contributed by atoms with E-state index in [1.165, 1.54) is 27.6 Å². The number of aryl methyl sites for hydroxylation is 1. The van der Waals surface area contributed by atoms with E-state index in [0.29, 0.717) is 5.92 Å². The van der Waals surface area contributed by atoms with Crippen LogP contribution in [0.5, 0.6) is 0 Å². The number of fused-ring (bicyclic) bond motifs is 2. The van der Waals surface area contributed by atoms with Crippen molar-refractivity contribution in [1.82, 2.24) is 9.88 Å². The Hall–Kier alpha value is -1.32. The summed E-state index contributed by atoms with van der Waals surface area (Å²) in [5, 5.41) is 14.1. The van der Waals surface area contributed by atoms with Gasteiger partial charge in [0.25, 0.3) is 0 Å². The molecule has 0 amide bonds. The molecule has 1 aliphatic heterocycles. The maximum atomic E-state index is 9.32. The predicted molar refractivity (Wildman–Crippen MR) is 82.7 cm³/mol. The van der Waals surface area contributed by atoms with Gasteiger partial charge in [-0.15, -0.1) is 0 Å². The van der Waals surface area contributed by atoms with Crippen molar-refractivity contribution in [3.8, 4) is 0 Å². The largest absolute Gasteiger partial charge is 0.396 e. The zero-order valence-corrected chi connectivity index (χ0v) is 12.4. The molecule has 2 N–H and O–H groups in total. The van der Waals surface area contributed by atoms with Gasteiger partial charge in [0, 0.05) is 43.3 Å². The van der Waals surface area contributed by atoms with Crippen molar-refractivity contribution in [3.05, 3.63) is 35.0 Å². The summed E-state index contributed by atoms with van der Waals surface area (Å²) in [4.78, 5) is 0. The lowest BCUT2D eigenvalue weighted by Gasteiger charge is -2.07. The third kappa shape index (κ3) is 2.36. The summed E-state index contributed by atoms with van der Waals surface area (Å²) >= 11 is 0. The highest BCUT2D eigenvalue weighted by Gasteiger charge is 2.16. The van der Waals surface area contributed by atoms with Gasteiger partial charge in [0.05, 0.1) is 0 Å². The van der Waals surface area contributed by atoms with E-state index in [-0.39, 0.29) is 6.61 Å². The van der Waals surface area contributed by atoms with Crippen LogP contribution >= 0.6 is 0 Å². The summed E-state index contributed by atoms with van der Waals surface area (Å²) in [7, 11) is 0. The molecule has 1 aromatic carbocycles. The molecule has 1 aromatic heterocycles. The minimum Gasteiger partial charge on any atom is -0.396 e. The molecule has 1 atom stereocenters. The first-order valence-corrected chi connectivity index (χ1v) is 7.68. The summed E-state index contributed by atoms with van der Waals surface area (Å²) in [5.74, 6) is 0.321. The van der Waals surface area contributed by atoms with Crippen molar-refractivity contribution in [2.24, 2.45) is 5.92 Å². The highest BCUT2D eigenvalue weighted by Crippen LogP contribution is 2.29. The van der Waals surface area contributed by atoms with Crippen LogP contribution in [-0.2, 0) is 26.1 Å². The second-order valence-electron chi connectivity index (χ2n) is 6.08. The van der Waals surface area contributed by atoms with E-state index in [2.05, 4.69) is 42.1 Å². The van der Waals surface area contributed by atoms with Crippen LogP contribution in [0.3, 0.4) is 0 Å². The van der Waals surface area contributed by atoms with Crippen molar-refractivity contribution in [1.29, 1.82) is 0 Å². The molecule has 20 heavy (non-hydrogen) atoms. The molecular weight excluding hydrogens is 248 g/mol. The molecule has 0 aliphatic carbocycles. The van der Waals surface area contributed by atoms with E-state index in [0.717, 1.165) is 32.5 Å². The number of nitrogens with one attached hydrogen (secondary N) is 1. The van der Waals surface area contributed by atoms with Gasteiger partial charge in [0.15, 0.2) is 0 Å². The van der Waals surface area contributed by atoms with Gasteiger partial charge in [-0.1, -0.05) is 13.8 Å². The lowest BCUT2D eigenvalue weighted by molar-refractivity contribution is 0.237. The summed E-state index contributed by atoms with van der Waals surface area (Å²) < 4.78 is 2.38. The molecule has 0 saturated carbocycles. The van der Waals surface area contributed by atoms with Crippen LogP contribution in [0.15, 0.2) is 18.3 Å². The molecule has 1 unspecified atom stereocenters. The topological polar surface area (TPSA) is 37.2 Å². The second-order valence-corrected chi connectivity index (χ2v) is 6.08. The van der Waals surface area contributed by atoms with Crippen molar-refractivity contribution >= 4 is 10.9 Å². The van der Waals surface area contributed by atoms with Crippen LogP contribution in [0.2, 0.25) is 0 Å². The Morgan fingerprint density at radius 3 is 2.75 bits per heavy atom. The first-order chi connectivity index (χ1) is 9.72. The van der Waals surface area contributed by atoms with E-state index in [1.807, 2.05) is 0 Å². The number of hydrogen-bond acceptors (Lipinski definition) is 2. The Morgan fingerprint density at radius 2 is 2.05 bits per heavy atom. The third-order valence-electron chi connectivity index (χ3n) is 4.26. The fraction of sp³-hybridized carbons (Fsp3) is 0.529. The average Bonchev–Trinajstić information content (AvgIpc) is 3.02. The molecule has 0 bridgehead atoms. The summed E-state index contributed by atoms with van der Waals surface area (Å²) in [6.07, 6.45) is 4.40. The summed E-state index contributed by atoms with van der Waals surface area (Å²) in [5.41, 5.74) is 5.61. The number of nitrogens with zero attached hydrogens (tertiary/aromatic N) is 1. The highest BCUT2D eigenvalue weighted by molar-refractivity contribution is 5.86. The van der Waals surface area contributed by atoms with Gasteiger partial charge in [0.1, 0.15) is 0 Å². The Balaban J connectivity index is 2.09. The fourth-order valence-corrected chi connectivity index (χ4v) is 3.19. The lowest BCUT2D eigenvalue weighted by atomic mass is 9.99. The zero-order valence-electron chi connectivity index (χ0n) is 12.4. The minimum absolute atomic E-state index is 0.257. The van der Waals surface area contributed by atoms with E-state index < -0.39 is 0 Å². The number of aromatic nitrogens is 1. The number of rotatable bonds is 5. The molecule has 2 heterocycles. The normalized spacial score (nSPS) is 15.8. The van der Waals surface area contributed by atoms with Crippen molar-refractivity contribution in [2.45, 2.75) is 46.3 Å². The number of hydrogen-bond donors (Lipinski definition) is 2. The molecule has 1 aliphatic rings. The van der Waals surface area contributed by atoms with Crippen molar-refractivity contribution < 1.29 is 5.11 Å². The Labute approximate surface area is 120 Å². The maximum absolute atomic E-state index is 9.32. The van der Waals surface area contributed by atoms with E-state index >= 15 is 0 Å². The molecule has 3 heteroatoms. The Kier molecular flexibility index (Phi) is 3.81. The average molecular weight is 272 g/mol. The molecule has 0 saturated heterocycles. The van der Waals surface area contributed by atoms with Crippen LogP contribution in [0, 0.1) is 5.92 Å². The number of aliphatic hydroxyl groups is 1. The molecule has 2 aromatic rings. The summed E-state index contributed by atoms with van der Waals surface area (Å²) in [6, 6.07) is 4.71. The standard InChI is InChI=1S/C17H24N2O/c1-3-4-19-10-15(5-12(2)11-20)16-6-13-8-18-9-14(13)7-17(16)19/h6-7,10,12,18,20H,3-5,8-9,11H2,1-2H3. The van der Waals surface area contributed by atoms with E-state index in [4.69, 9.17) is 0 Å². The van der Waals surface area contributed by atoms with Crippen LogP contribution in [0.25, 0.3) is 10.9 Å². The van der Waals surface area contributed by atoms with Crippen LogP contribution < -0.4 is 5.32 Å². The Bertz CT molecular complexity index is 615. The van der Waals surface area contributed by atoms with Gasteiger partial charge < -0.3 is 15.0 Å². The molecule has 0 spiro atoms. The van der Waals surface area contributed by atoms with Gasteiger partial charge >= 0.3 is 0 Å². The fourth-order valence-electron chi connectivity index (χ4n) is 3.19. The molecule has 0 radical (unpaired) electrons. The van der Waals surface area contributed by atoms with E-state index in [1.54, 1.807) is 0 Å². The Morgan fingerprint density at radius 1 is 1.30 bits per heavy atom. The smallest absolute Gasteiger partial charge is 0.0486 e. The molecule has 3 rings (SSSR count). The van der Waals surface area contributed by atoms with Gasteiger partial charge in [0.2, 0.25) is 0 Å². The molecule has 108 valence electrons. The van der Waals surface area contributed by atoms with Crippen LogP contribution in [0.4, 0.5) is 0 Å². The minimum atomic E-state index is 0.257. The number of benzene rings is 1. The SMILES string of the molecule is CCCn1cc(CC(C)CO)c2cc3c(cc21)CNC3. The number of aliphatic hydroxyl groups excluding tert-OH is 1. The van der Waals surface area contributed by atoms with Crippen LogP contribution in [0.1, 0.15) is 37.0 Å². The summed E-state index contributed by atoms with van der Waals surface area (Å²) in [6.45, 7) is 7.63. The van der Waals surface area contributed by atoms with E-state index in [9.17, 15) is 5.11 Å². The van der Waals surface area contributed by atoms with Gasteiger partial charge in [-0.25, -0.2) is 0 Å².